The third kappa shape index (κ3) is 1.88. The molecule has 0 aliphatic carbocycles. The van der Waals surface area contributed by atoms with Gasteiger partial charge in [0.1, 0.15) is 30.5 Å². The van der Waals surface area contributed by atoms with E-state index in [4.69, 9.17) is 18.9 Å². The number of rotatable bonds is 1. The largest absolute Gasteiger partial charge is 0.389 e. The van der Waals surface area contributed by atoms with Gasteiger partial charge in [0.2, 0.25) is 5.91 Å². The number of amides is 1. The zero-order valence-electron chi connectivity index (χ0n) is 12.6. The van der Waals surface area contributed by atoms with E-state index in [1.807, 2.05) is 13.8 Å². The molecule has 0 saturated carbocycles. The summed E-state index contributed by atoms with van der Waals surface area (Å²) in [6, 6.07) is 0. The molecule has 0 spiro atoms. The molecule has 118 valence electrons. The van der Waals surface area contributed by atoms with Gasteiger partial charge in [0.05, 0.1) is 12.1 Å². The molecule has 4 rings (SSSR count). The number of carbonyl (C=O) groups is 1. The number of aliphatic hydroxyl groups is 1. The lowest BCUT2D eigenvalue weighted by Crippen LogP contribution is -2.73. The van der Waals surface area contributed by atoms with E-state index in [0.29, 0.717) is 6.54 Å². The van der Waals surface area contributed by atoms with Gasteiger partial charge in [-0.2, -0.15) is 0 Å². The number of ether oxygens (including phenoxy) is 4. The van der Waals surface area contributed by atoms with Gasteiger partial charge < -0.3 is 29.0 Å². The molecular formula is C14H21NO6. The van der Waals surface area contributed by atoms with Gasteiger partial charge in [-0.15, -0.1) is 0 Å². The van der Waals surface area contributed by atoms with Crippen molar-refractivity contribution >= 4 is 5.91 Å². The van der Waals surface area contributed by atoms with Crippen molar-refractivity contribution in [1.82, 2.24) is 4.90 Å². The van der Waals surface area contributed by atoms with E-state index in [1.165, 1.54) is 0 Å². The molecule has 7 heteroatoms. The Morgan fingerprint density at radius 1 is 1.24 bits per heavy atom. The lowest BCUT2D eigenvalue weighted by Gasteiger charge is -2.55. The first-order chi connectivity index (χ1) is 9.67. The van der Waals surface area contributed by atoms with Crippen LogP contribution in [0, 0.1) is 5.92 Å². The number of fused-ring (bicyclic) bond motifs is 4. The van der Waals surface area contributed by atoms with E-state index >= 15 is 0 Å². The monoisotopic (exact) mass is 299 g/mol. The second-order valence-corrected chi connectivity index (χ2v) is 7.26. The smallest absolute Gasteiger partial charge is 0.235 e. The highest BCUT2D eigenvalue weighted by atomic mass is 16.8. The number of β-lactam (4-membered cyclic amide) rings is 1. The van der Waals surface area contributed by atoms with E-state index in [1.54, 1.807) is 18.7 Å². The van der Waals surface area contributed by atoms with Gasteiger partial charge in [0.15, 0.2) is 12.1 Å². The van der Waals surface area contributed by atoms with Crippen LogP contribution in [-0.4, -0.2) is 64.7 Å². The Labute approximate surface area is 123 Å². The van der Waals surface area contributed by atoms with Gasteiger partial charge in [0, 0.05) is 0 Å². The minimum absolute atomic E-state index is 0.0891. The fourth-order valence-electron chi connectivity index (χ4n) is 3.73. The third-order valence-corrected chi connectivity index (χ3v) is 4.66. The summed E-state index contributed by atoms with van der Waals surface area (Å²) in [5, 5.41) is 10.1. The molecule has 0 unspecified atom stereocenters. The van der Waals surface area contributed by atoms with Crippen molar-refractivity contribution in [1.29, 1.82) is 0 Å². The number of carbonyl (C=O) groups excluding carboxylic acids is 1. The lowest BCUT2D eigenvalue weighted by atomic mass is 9.80. The van der Waals surface area contributed by atoms with Crippen molar-refractivity contribution in [2.75, 3.05) is 6.54 Å². The summed E-state index contributed by atoms with van der Waals surface area (Å²) >= 11 is 0. The Bertz CT molecular complexity index is 486. The van der Waals surface area contributed by atoms with Crippen LogP contribution in [0.4, 0.5) is 0 Å². The molecule has 4 saturated heterocycles. The quantitative estimate of drug-likeness (QED) is 0.677. The van der Waals surface area contributed by atoms with Crippen LogP contribution in [0.5, 0.6) is 0 Å². The van der Waals surface area contributed by atoms with Crippen LogP contribution < -0.4 is 0 Å². The molecule has 4 aliphatic heterocycles. The summed E-state index contributed by atoms with van der Waals surface area (Å²) in [6.07, 6.45) is -1.65. The van der Waals surface area contributed by atoms with Crippen LogP contribution >= 0.6 is 0 Å². The van der Waals surface area contributed by atoms with Crippen LogP contribution in [-0.2, 0) is 23.7 Å². The van der Waals surface area contributed by atoms with Gasteiger partial charge in [0.25, 0.3) is 0 Å². The van der Waals surface area contributed by atoms with Gasteiger partial charge >= 0.3 is 0 Å². The van der Waals surface area contributed by atoms with Crippen LogP contribution in [0.25, 0.3) is 0 Å². The van der Waals surface area contributed by atoms with E-state index in [0.717, 1.165) is 0 Å². The van der Waals surface area contributed by atoms with Gasteiger partial charge in [-0.05, 0) is 27.7 Å². The first-order valence-electron chi connectivity index (χ1n) is 7.37. The number of nitrogens with zero attached hydrogens (tertiary/aromatic N) is 1. The van der Waals surface area contributed by atoms with Crippen molar-refractivity contribution in [2.45, 2.75) is 69.9 Å². The Kier molecular flexibility index (Phi) is 2.63. The molecule has 4 aliphatic rings. The summed E-state index contributed by atoms with van der Waals surface area (Å²) < 4.78 is 23.4. The van der Waals surface area contributed by atoms with Crippen LogP contribution in [0.3, 0.4) is 0 Å². The lowest BCUT2D eigenvalue weighted by molar-refractivity contribution is -0.285. The predicted octanol–water partition coefficient (Wildman–Crippen LogP) is -0.183. The molecule has 0 aromatic carbocycles. The highest BCUT2D eigenvalue weighted by Crippen LogP contribution is 2.46. The number of hydrogen-bond acceptors (Lipinski definition) is 6. The first kappa shape index (κ1) is 13.9. The highest BCUT2D eigenvalue weighted by molar-refractivity contribution is 5.86. The summed E-state index contributed by atoms with van der Waals surface area (Å²) in [4.78, 5) is 13.8. The molecule has 7 nitrogen and oxygen atoms in total. The molecular weight excluding hydrogens is 278 g/mol. The molecule has 4 fully saturated rings. The molecule has 6 atom stereocenters. The third-order valence-electron chi connectivity index (χ3n) is 4.66. The summed E-state index contributed by atoms with van der Waals surface area (Å²) in [5.74, 6) is -1.31. The van der Waals surface area contributed by atoms with Crippen molar-refractivity contribution in [3.8, 4) is 0 Å². The van der Waals surface area contributed by atoms with E-state index in [9.17, 15) is 9.90 Å². The zero-order chi connectivity index (χ0) is 15.2. The first-order valence-corrected chi connectivity index (χ1v) is 7.37. The molecule has 4 heterocycles. The minimum Gasteiger partial charge on any atom is -0.389 e. The zero-order valence-corrected chi connectivity index (χ0v) is 12.6. The predicted molar refractivity (Wildman–Crippen MR) is 68.9 cm³/mol. The van der Waals surface area contributed by atoms with Crippen molar-refractivity contribution in [3.63, 3.8) is 0 Å². The van der Waals surface area contributed by atoms with Gasteiger partial charge in [-0.1, -0.05) is 0 Å². The van der Waals surface area contributed by atoms with Crippen molar-refractivity contribution < 1.29 is 28.8 Å². The van der Waals surface area contributed by atoms with Crippen molar-refractivity contribution in [3.05, 3.63) is 0 Å². The molecule has 21 heavy (non-hydrogen) atoms. The van der Waals surface area contributed by atoms with Crippen LogP contribution in [0.1, 0.15) is 27.7 Å². The van der Waals surface area contributed by atoms with Crippen LogP contribution in [0.2, 0.25) is 0 Å². The molecule has 0 bridgehead atoms. The standard InChI is InChI=1S/C14H21NO6/c1-13(2,17)7-10(16)15-5-6-8(19-11(7)15)9-12(18-6)21-14(3,4)20-9/h6-9,11-12,17H,5H2,1-4H3/t6-,7+,8+,9-,11-,12-/m1/s1. The summed E-state index contributed by atoms with van der Waals surface area (Å²) in [6.45, 7) is 7.40. The Morgan fingerprint density at radius 2 is 1.95 bits per heavy atom. The Hall–Kier alpha value is -0.730. The molecule has 0 aromatic heterocycles. The van der Waals surface area contributed by atoms with E-state index in [2.05, 4.69) is 0 Å². The summed E-state index contributed by atoms with van der Waals surface area (Å²) in [5.41, 5.74) is -1.10. The fraction of sp³-hybridized carbons (Fsp3) is 0.929. The maximum Gasteiger partial charge on any atom is 0.235 e. The molecule has 0 aromatic rings. The van der Waals surface area contributed by atoms with Gasteiger partial charge in [-0.3, -0.25) is 4.79 Å². The molecule has 1 amide bonds. The van der Waals surface area contributed by atoms with Crippen LogP contribution in [0.15, 0.2) is 0 Å². The number of hydrogen-bond donors (Lipinski definition) is 1. The SMILES string of the molecule is CC1(C)O[C@H]2O[C@@H]3CN4C(=O)[C@H](C(C)(C)O)[C@H]4O[C@@H]3[C@H]2O1. The maximum atomic E-state index is 12.1. The fourth-order valence-corrected chi connectivity index (χ4v) is 3.73. The average molecular weight is 299 g/mol. The van der Waals surface area contributed by atoms with E-state index < -0.39 is 29.8 Å². The topological polar surface area (TPSA) is 77.5 Å². The van der Waals surface area contributed by atoms with Crippen molar-refractivity contribution in [2.24, 2.45) is 5.92 Å². The van der Waals surface area contributed by atoms with Gasteiger partial charge in [-0.25, -0.2) is 0 Å². The summed E-state index contributed by atoms with van der Waals surface area (Å²) in [7, 11) is 0. The Morgan fingerprint density at radius 3 is 2.62 bits per heavy atom. The Balaban J connectivity index is 1.54. The minimum atomic E-state index is -1.10. The molecule has 1 N–H and O–H groups in total. The normalized spacial score (nSPS) is 47.7. The molecule has 0 radical (unpaired) electrons. The van der Waals surface area contributed by atoms with E-state index in [-0.39, 0.29) is 24.2 Å². The highest BCUT2D eigenvalue weighted by Gasteiger charge is 2.65. The second-order valence-electron chi connectivity index (χ2n) is 7.26. The second kappa shape index (κ2) is 3.97. The average Bonchev–Trinajstić information content (AvgIpc) is 2.77. The maximum absolute atomic E-state index is 12.1.